The monoisotopic (exact) mass is 235 g/mol. The van der Waals surface area contributed by atoms with Crippen LogP contribution in [0.25, 0.3) is 0 Å². The Morgan fingerprint density at radius 1 is 1.41 bits per heavy atom. The third-order valence-electron chi connectivity index (χ3n) is 2.16. The van der Waals surface area contributed by atoms with Crippen LogP contribution in [-0.4, -0.2) is 27.8 Å². The van der Waals surface area contributed by atoms with Crippen molar-refractivity contribution in [2.75, 3.05) is 7.11 Å². The molecule has 1 aromatic heterocycles. The number of esters is 1. The number of halogens is 1. The summed E-state index contributed by atoms with van der Waals surface area (Å²) in [6, 6.07) is 6.03. The Hall–Kier alpha value is -2.24. The Bertz CT molecular complexity index is 522. The van der Waals surface area contributed by atoms with Crippen molar-refractivity contribution in [2.45, 2.75) is 6.54 Å². The van der Waals surface area contributed by atoms with Gasteiger partial charge in [-0.2, -0.15) is 0 Å². The Morgan fingerprint density at radius 2 is 2.12 bits per heavy atom. The summed E-state index contributed by atoms with van der Waals surface area (Å²) < 4.78 is 18.7. The fraction of sp³-hybridized carbons (Fsp3) is 0.182. The molecule has 1 heterocycles. The van der Waals surface area contributed by atoms with Gasteiger partial charge in [0.25, 0.3) is 5.82 Å². The zero-order chi connectivity index (χ0) is 12.3. The zero-order valence-electron chi connectivity index (χ0n) is 9.13. The minimum Gasteiger partial charge on any atom is -0.463 e. The fourth-order valence-corrected chi connectivity index (χ4v) is 1.33. The third kappa shape index (κ3) is 2.66. The van der Waals surface area contributed by atoms with Gasteiger partial charge in [-0.25, -0.2) is 18.9 Å². The average Bonchev–Trinajstić information content (AvgIpc) is 2.80. The summed E-state index contributed by atoms with van der Waals surface area (Å²) in [5, 5.41) is 3.94. The van der Waals surface area contributed by atoms with Crippen LogP contribution in [0.5, 0.6) is 0 Å². The van der Waals surface area contributed by atoms with E-state index in [9.17, 15) is 9.18 Å². The molecule has 88 valence electrons. The normalized spacial score (nSPS) is 10.2. The van der Waals surface area contributed by atoms with Crippen LogP contribution in [0.1, 0.15) is 16.2 Å². The van der Waals surface area contributed by atoms with Gasteiger partial charge in [0.2, 0.25) is 0 Å². The van der Waals surface area contributed by atoms with E-state index < -0.39 is 5.97 Å². The highest BCUT2D eigenvalue weighted by atomic mass is 19.1. The molecule has 0 saturated heterocycles. The van der Waals surface area contributed by atoms with E-state index in [1.807, 2.05) is 0 Å². The van der Waals surface area contributed by atoms with Crippen LogP contribution >= 0.6 is 0 Å². The second-order valence-electron chi connectivity index (χ2n) is 3.38. The molecule has 0 bridgehead atoms. The van der Waals surface area contributed by atoms with Crippen LogP contribution in [0, 0.1) is 5.82 Å². The van der Waals surface area contributed by atoms with Gasteiger partial charge in [-0.3, -0.25) is 0 Å². The molecule has 17 heavy (non-hydrogen) atoms. The minimum atomic E-state index is -0.581. The number of benzene rings is 1. The fourth-order valence-electron chi connectivity index (χ4n) is 1.33. The molecule has 2 aromatic rings. The van der Waals surface area contributed by atoms with Crippen LogP contribution in [0.2, 0.25) is 0 Å². The molecule has 0 aliphatic rings. The Kier molecular flexibility index (Phi) is 3.13. The van der Waals surface area contributed by atoms with E-state index >= 15 is 0 Å². The first-order valence-electron chi connectivity index (χ1n) is 4.91. The van der Waals surface area contributed by atoms with Crippen LogP contribution < -0.4 is 0 Å². The Morgan fingerprint density at radius 3 is 2.76 bits per heavy atom. The van der Waals surface area contributed by atoms with E-state index in [2.05, 4.69) is 14.8 Å². The molecule has 0 atom stereocenters. The lowest BCUT2D eigenvalue weighted by Crippen LogP contribution is -2.06. The molecule has 0 amide bonds. The van der Waals surface area contributed by atoms with Crippen molar-refractivity contribution in [3.05, 3.63) is 47.8 Å². The molecule has 1 aromatic carbocycles. The number of hydrogen-bond acceptors (Lipinski definition) is 4. The largest absolute Gasteiger partial charge is 0.463 e. The van der Waals surface area contributed by atoms with Crippen LogP contribution in [0.15, 0.2) is 30.6 Å². The number of rotatable bonds is 3. The van der Waals surface area contributed by atoms with Gasteiger partial charge in [0.05, 0.1) is 13.7 Å². The summed E-state index contributed by atoms with van der Waals surface area (Å²) in [4.78, 5) is 14.9. The zero-order valence-corrected chi connectivity index (χ0v) is 9.13. The standard InChI is InChI=1S/C11H10FN3O2/c1-17-11(16)10-13-7-15(14-10)6-8-2-4-9(12)5-3-8/h2-5,7H,6H2,1H3. The topological polar surface area (TPSA) is 57.0 Å². The minimum absolute atomic E-state index is 0.00890. The summed E-state index contributed by atoms with van der Waals surface area (Å²) in [6.07, 6.45) is 1.43. The number of nitrogens with zero attached hydrogens (tertiary/aromatic N) is 3. The Labute approximate surface area is 96.9 Å². The third-order valence-corrected chi connectivity index (χ3v) is 2.16. The van der Waals surface area contributed by atoms with Crippen LogP contribution in [-0.2, 0) is 11.3 Å². The quantitative estimate of drug-likeness (QED) is 0.751. The number of carbonyl (C=O) groups is 1. The van der Waals surface area contributed by atoms with E-state index in [1.54, 1.807) is 12.1 Å². The van der Waals surface area contributed by atoms with Gasteiger partial charge in [0.1, 0.15) is 12.1 Å². The van der Waals surface area contributed by atoms with Gasteiger partial charge in [0.15, 0.2) is 0 Å². The molecule has 0 unspecified atom stereocenters. The molecule has 2 rings (SSSR count). The van der Waals surface area contributed by atoms with Gasteiger partial charge in [-0.05, 0) is 17.7 Å². The first kappa shape index (κ1) is 11.3. The van der Waals surface area contributed by atoms with Gasteiger partial charge in [0, 0.05) is 0 Å². The number of carbonyl (C=O) groups excluding carboxylic acids is 1. The van der Waals surface area contributed by atoms with Crippen LogP contribution in [0.4, 0.5) is 4.39 Å². The van der Waals surface area contributed by atoms with Crippen molar-refractivity contribution in [1.82, 2.24) is 14.8 Å². The molecule has 0 aliphatic carbocycles. The van der Waals surface area contributed by atoms with E-state index in [0.29, 0.717) is 6.54 Å². The lowest BCUT2D eigenvalue weighted by Gasteiger charge is -2.00. The predicted molar refractivity (Wildman–Crippen MR) is 56.9 cm³/mol. The molecule has 6 heteroatoms. The molecule has 0 spiro atoms. The number of aromatic nitrogens is 3. The number of ether oxygens (including phenoxy) is 1. The maximum Gasteiger partial charge on any atom is 0.377 e. The lowest BCUT2D eigenvalue weighted by atomic mass is 10.2. The summed E-state index contributed by atoms with van der Waals surface area (Å²) >= 11 is 0. The SMILES string of the molecule is COC(=O)c1ncn(Cc2ccc(F)cc2)n1. The highest BCUT2D eigenvalue weighted by Crippen LogP contribution is 2.04. The van der Waals surface area contributed by atoms with Crippen molar-refractivity contribution in [3.63, 3.8) is 0 Å². The van der Waals surface area contributed by atoms with Crippen molar-refractivity contribution < 1.29 is 13.9 Å². The highest BCUT2D eigenvalue weighted by Gasteiger charge is 2.10. The summed E-state index contributed by atoms with van der Waals surface area (Å²) in [6.45, 7) is 0.421. The van der Waals surface area contributed by atoms with Gasteiger partial charge >= 0.3 is 5.97 Å². The smallest absolute Gasteiger partial charge is 0.377 e. The van der Waals surface area contributed by atoms with Crippen molar-refractivity contribution in [3.8, 4) is 0 Å². The first-order valence-corrected chi connectivity index (χ1v) is 4.91. The average molecular weight is 235 g/mol. The maximum atomic E-state index is 12.7. The molecular weight excluding hydrogens is 225 g/mol. The van der Waals surface area contributed by atoms with Gasteiger partial charge < -0.3 is 4.74 Å². The molecule has 0 saturated carbocycles. The lowest BCUT2D eigenvalue weighted by molar-refractivity contribution is 0.0586. The van der Waals surface area contributed by atoms with Gasteiger partial charge in [-0.1, -0.05) is 12.1 Å². The van der Waals surface area contributed by atoms with E-state index in [-0.39, 0.29) is 11.6 Å². The number of hydrogen-bond donors (Lipinski definition) is 0. The van der Waals surface area contributed by atoms with E-state index in [0.717, 1.165) is 5.56 Å². The summed E-state index contributed by atoms with van der Waals surface area (Å²) in [7, 11) is 1.27. The van der Waals surface area contributed by atoms with Crippen molar-refractivity contribution >= 4 is 5.97 Å². The molecular formula is C11H10FN3O2. The molecule has 0 fully saturated rings. The summed E-state index contributed by atoms with van der Waals surface area (Å²) in [5.74, 6) is -0.861. The molecule has 5 nitrogen and oxygen atoms in total. The molecule has 0 aliphatic heterocycles. The van der Waals surface area contributed by atoms with Gasteiger partial charge in [-0.15, -0.1) is 5.10 Å². The number of methoxy groups -OCH3 is 1. The molecule has 0 N–H and O–H groups in total. The van der Waals surface area contributed by atoms with Crippen molar-refractivity contribution in [2.24, 2.45) is 0 Å². The summed E-state index contributed by atoms with van der Waals surface area (Å²) in [5.41, 5.74) is 0.868. The Balaban J connectivity index is 2.11. The highest BCUT2D eigenvalue weighted by molar-refractivity contribution is 5.84. The van der Waals surface area contributed by atoms with Crippen molar-refractivity contribution in [1.29, 1.82) is 0 Å². The first-order chi connectivity index (χ1) is 8.19. The predicted octanol–water partition coefficient (Wildman–Crippen LogP) is 1.25. The molecule has 0 radical (unpaired) electrons. The maximum absolute atomic E-state index is 12.7. The second-order valence-corrected chi connectivity index (χ2v) is 3.38. The van der Waals surface area contributed by atoms with Crippen LogP contribution in [0.3, 0.4) is 0 Å². The van der Waals surface area contributed by atoms with E-state index in [1.165, 1.54) is 30.3 Å². The second kappa shape index (κ2) is 4.73. The van der Waals surface area contributed by atoms with E-state index in [4.69, 9.17) is 0 Å².